The Morgan fingerprint density at radius 3 is 2.62 bits per heavy atom. The minimum Gasteiger partial charge on any atom is -0.358 e. The Morgan fingerprint density at radius 2 is 2.05 bits per heavy atom. The Bertz CT molecular complexity index is 823. The van der Waals surface area contributed by atoms with Crippen LogP contribution in [0.15, 0.2) is 47.5 Å². The Morgan fingerprint density at radius 1 is 1.29 bits per heavy atom. The molecule has 106 valence electrons. The molecule has 0 aliphatic carbocycles. The van der Waals surface area contributed by atoms with Gasteiger partial charge in [0.25, 0.3) is 10.0 Å². The van der Waals surface area contributed by atoms with E-state index in [2.05, 4.69) is 15.6 Å². The van der Waals surface area contributed by atoms with Gasteiger partial charge in [0, 0.05) is 11.6 Å². The average molecular weight is 303 g/mol. The number of terminal acetylenes is 1. The third-order valence-electron chi connectivity index (χ3n) is 2.50. The number of rotatable bonds is 4. The van der Waals surface area contributed by atoms with E-state index in [1.165, 1.54) is 12.1 Å². The van der Waals surface area contributed by atoms with Crippen LogP contribution in [0.25, 0.3) is 0 Å². The maximum atomic E-state index is 12.1. The highest BCUT2D eigenvalue weighted by molar-refractivity contribution is 7.92. The van der Waals surface area contributed by atoms with E-state index in [1.54, 1.807) is 12.1 Å². The molecule has 21 heavy (non-hydrogen) atoms. The number of nitro groups is 1. The molecule has 0 fully saturated rings. The molecule has 1 aromatic carbocycles. The molecule has 1 N–H and O–H groups in total. The van der Waals surface area contributed by atoms with Crippen molar-refractivity contribution in [3.63, 3.8) is 0 Å². The van der Waals surface area contributed by atoms with Gasteiger partial charge in [-0.2, -0.15) is 0 Å². The molecule has 1 heterocycles. The van der Waals surface area contributed by atoms with E-state index in [0.29, 0.717) is 11.3 Å². The van der Waals surface area contributed by atoms with Crippen molar-refractivity contribution in [3.05, 3.63) is 58.3 Å². The van der Waals surface area contributed by atoms with Crippen LogP contribution in [-0.4, -0.2) is 18.3 Å². The summed E-state index contributed by atoms with van der Waals surface area (Å²) in [4.78, 5) is 13.1. The van der Waals surface area contributed by atoms with E-state index in [9.17, 15) is 18.5 Å². The van der Waals surface area contributed by atoms with Crippen LogP contribution in [-0.2, 0) is 10.0 Å². The van der Waals surface area contributed by atoms with Gasteiger partial charge >= 0.3 is 5.82 Å². The summed E-state index contributed by atoms with van der Waals surface area (Å²) < 4.78 is 26.5. The lowest BCUT2D eigenvalue weighted by Crippen LogP contribution is -2.13. The number of pyridine rings is 1. The number of hydrogen-bond acceptors (Lipinski definition) is 5. The molecule has 8 heteroatoms. The molecule has 1 aromatic heterocycles. The molecule has 0 unspecified atom stereocenters. The van der Waals surface area contributed by atoms with Crippen LogP contribution in [0.5, 0.6) is 0 Å². The van der Waals surface area contributed by atoms with E-state index in [-0.39, 0.29) is 4.90 Å². The lowest BCUT2D eigenvalue weighted by atomic mass is 10.2. The second-order valence-electron chi connectivity index (χ2n) is 3.94. The minimum atomic E-state index is -3.88. The number of nitrogens with one attached hydrogen (secondary N) is 1. The molecule has 0 atom stereocenters. The summed E-state index contributed by atoms with van der Waals surface area (Å²) in [6.07, 6.45) is 6.16. The third-order valence-corrected chi connectivity index (χ3v) is 3.87. The summed E-state index contributed by atoms with van der Waals surface area (Å²) in [5.41, 5.74) is 0.820. The van der Waals surface area contributed by atoms with Crippen LogP contribution in [0.3, 0.4) is 0 Å². The van der Waals surface area contributed by atoms with Crippen LogP contribution >= 0.6 is 0 Å². The first-order chi connectivity index (χ1) is 9.92. The van der Waals surface area contributed by atoms with Gasteiger partial charge in [-0.3, -0.25) is 4.72 Å². The fraction of sp³-hybridized carbons (Fsp3) is 0. The number of sulfonamides is 1. The average Bonchev–Trinajstić information content (AvgIpc) is 2.47. The molecular weight excluding hydrogens is 294 g/mol. The molecule has 7 nitrogen and oxygen atoms in total. The molecule has 2 rings (SSSR count). The summed E-state index contributed by atoms with van der Waals surface area (Å²) in [7, 11) is -3.88. The smallest absolute Gasteiger partial charge is 0.358 e. The molecular formula is C13H9N3O4S. The van der Waals surface area contributed by atoms with Crippen molar-refractivity contribution in [2.75, 3.05) is 4.72 Å². The van der Waals surface area contributed by atoms with Crippen molar-refractivity contribution in [2.24, 2.45) is 0 Å². The number of anilines is 1. The molecule has 0 radical (unpaired) electrons. The van der Waals surface area contributed by atoms with Crippen molar-refractivity contribution >= 4 is 21.5 Å². The highest BCUT2D eigenvalue weighted by Crippen LogP contribution is 2.18. The standard InChI is InChI=1S/C13H9N3O4S/c1-2-10-4-3-5-11(8-10)15-21(19,20)12-6-7-13(14-9-12)16(17)18/h1,3-9,15H. The number of benzene rings is 1. The monoisotopic (exact) mass is 303 g/mol. The number of nitrogens with zero attached hydrogens (tertiary/aromatic N) is 2. The first kappa shape index (κ1) is 14.5. The first-order valence-corrected chi connectivity index (χ1v) is 7.10. The van der Waals surface area contributed by atoms with Gasteiger partial charge in [0.1, 0.15) is 4.90 Å². The fourth-order valence-electron chi connectivity index (χ4n) is 1.53. The van der Waals surface area contributed by atoms with Crippen LogP contribution in [0.1, 0.15) is 5.56 Å². The lowest BCUT2D eigenvalue weighted by Gasteiger charge is -2.07. The summed E-state index contributed by atoms with van der Waals surface area (Å²) in [5, 5.41) is 10.5. The van der Waals surface area contributed by atoms with Gasteiger partial charge in [-0.1, -0.05) is 12.0 Å². The van der Waals surface area contributed by atoms with E-state index in [0.717, 1.165) is 18.3 Å². The quantitative estimate of drug-likeness (QED) is 0.527. The van der Waals surface area contributed by atoms with Gasteiger partial charge in [0.15, 0.2) is 6.20 Å². The summed E-state index contributed by atoms with van der Waals surface area (Å²) in [6, 6.07) is 8.44. The highest BCUT2D eigenvalue weighted by Gasteiger charge is 2.18. The summed E-state index contributed by atoms with van der Waals surface area (Å²) in [6.45, 7) is 0. The molecule has 0 aliphatic rings. The van der Waals surface area contributed by atoms with E-state index < -0.39 is 20.8 Å². The third kappa shape index (κ3) is 3.34. The molecule has 0 spiro atoms. The van der Waals surface area contributed by atoms with Gasteiger partial charge in [-0.15, -0.1) is 6.42 Å². The number of hydrogen-bond donors (Lipinski definition) is 1. The molecule has 0 saturated heterocycles. The first-order valence-electron chi connectivity index (χ1n) is 5.62. The van der Waals surface area contributed by atoms with Crippen molar-refractivity contribution in [1.82, 2.24) is 4.98 Å². The van der Waals surface area contributed by atoms with Crippen molar-refractivity contribution in [3.8, 4) is 12.3 Å². The normalized spacial score (nSPS) is 10.6. The van der Waals surface area contributed by atoms with Gasteiger partial charge in [0.2, 0.25) is 0 Å². The zero-order valence-corrected chi connectivity index (χ0v) is 11.4. The van der Waals surface area contributed by atoms with Crippen LogP contribution in [0.4, 0.5) is 11.5 Å². The van der Waals surface area contributed by atoms with E-state index >= 15 is 0 Å². The Labute approximate surface area is 120 Å². The van der Waals surface area contributed by atoms with Crippen LogP contribution < -0.4 is 4.72 Å². The van der Waals surface area contributed by atoms with Crippen molar-refractivity contribution < 1.29 is 13.3 Å². The van der Waals surface area contributed by atoms with Gasteiger partial charge in [0.05, 0.1) is 5.69 Å². The van der Waals surface area contributed by atoms with Gasteiger partial charge in [-0.05, 0) is 34.2 Å². The molecule has 0 amide bonds. The van der Waals surface area contributed by atoms with Crippen LogP contribution in [0, 0.1) is 22.5 Å². The topological polar surface area (TPSA) is 102 Å². The largest absolute Gasteiger partial charge is 0.363 e. The minimum absolute atomic E-state index is 0.181. The Hall–Kier alpha value is -2.92. The number of aromatic nitrogens is 1. The lowest BCUT2D eigenvalue weighted by molar-refractivity contribution is -0.389. The van der Waals surface area contributed by atoms with Crippen LogP contribution in [0.2, 0.25) is 0 Å². The summed E-state index contributed by atoms with van der Waals surface area (Å²) in [5.74, 6) is 1.96. The molecule has 0 saturated carbocycles. The highest BCUT2D eigenvalue weighted by atomic mass is 32.2. The molecule has 0 bridgehead atoms. The second kappa shape index (κ2) is 5.60. The van der Waals surface area contributed by atoms with Gasteiger partial charge in [-0.25, -0.2) is 8.42 Å². The predicted molar refractivity (Wildman–Crippen MR) is 76.1 cm³/mol. The van der Waals surface area contributed by atoms with E-state index in [1.807, 2.05) is 0 Å². The maximum absolute atomic E-state index is 12.1. The van der Waals surface area contributed by atoms with Crippen molar-refractivity contribution in [1.29, 1.82) is 0 Å². The van der Waals surface area contributed by atoms with E-state index in [4.69, 9.17) is 6.42 Å². The zero-order valence-electron chi connectivity index (χ0n) is 10.6. The van der Waals surface area contributed by atoms with Crippen molar-refractivity contribution in [2.45, 2.75) is 4.90 Å². The SMILES string of the molecule is C#Cc1cccc(NS(=O)(=O)c2ccc([N+](=O)[O-])nc2)c1. The van der Waals surface area contributed by atoms with Gasteiger partial charge < -0.3 is 10.1 Å². The summed E-state index contributed by atoms with van der Waals surface area (Å²) >= 11 is 0. The zero-order chi connectivity index (χ0) is 15.5. The maximum Gasteiger partial charge on any atom is 0.363 e. The second-order valence-corrected chi connectivity index (χ2v) is 5.62. The predicted octanol–water partition coefficient (Wildman–Crippen LogP) is 1.77. The Kier molecular flexibility index (Phi) is 3.86. The molecule has 2 aromatic rings. The Balaban J connectivity index is 2.29. The fourth-order valence-corrected chi connectivity index (χ4v) is 2.52. The molecule has 0 aliphatic heterocycles.